The molecule has 0 aliphatic carbocycles. The molecule has 2 amide bonds. The zero-order valence-corrected chi connectivity index (χ0v) is 15.0. The maximum atomic E-state index is 13.1. The number of amides is 2. The van der Waals surface area contributed by atoms with Crippen LogP contribution in [0.1, 0.15) is 42.8 Å². The third kappa shape index (κ3) is 2.75. The van der Waals surface area contributed by atoms with Gasteiger partial charge < -0.3 is 9.80 Å². The molecule has 2 fully saturated rings. The first-order valence-electron chi connectivity index (χ1n) is 8.07. The van der Waals surface area contributed by atoms with E-state index in [9.17, 15) is 9.59 Å². The molecule has 0 aromatic carbocycles. The number of aromatic nitrogens is 2. The van der Waals surface area contributed by atoms with Crippen LogP contribution >= 0.6 is 11.8 Å². The van der Waals surface area contributed by atoms with E-state index in [0.29, 0.717) is 11.6 Å². The minimum Gasteiger partial charge on any atom is -0.334 e. The fraction of sp³-hybridized carbons (Fsp3) is 0.688. The number of nitrogens with zero attached hydrogens (tertiary/aromatic N) is 4. The van der Waals surface area contributed by atoms with E-state index >= 15 is 0 Å². The van der Waals surface area contributed by atoms with E-state index in [2.05, 4.69) is 12.0 Å². The lowest BCUT2D eigenvalue weighted by molar-refractivity contribution is -0.143. The number of aryl methyl sites for hydroxylation is 2. The molecule has 0 bridgehead atoms. The molecule has 0 N–H and O–H groups in total. The lowest BCUT2D eigenvalue weighted by atomic mass is 10.0. The number of carbonyl (C=O) groups excluding carboxylic acids is 2. The zero-order chi connectivity index (χ0) is 16.7. The van der Waals surface area contributed by atoms with Gasteiger partial charge in [0, 0.05) is 37.5 Å². The number of rotatable bonds is 2. The summed E-state index contributed by atoms with van der Waals surface area (Å²) in [5, 5.41) is 4.50. The number of thioether (sulfide) groups is 1. The summed E-state index contributed by atoms with van der Waals surface area (Å²) in [6, 6.07) is -0.217. The predicted molar refractivity (Wildman–Crippen MR) is 90.0 cm³/mol. The third-order valence-electron chi connectivity index (χ3n) is 5.01. The normalized spacial score (nSPS) is 24.5. The fourth-order valence-corrected chi connectivity index (χ4v) is 4.96. The van der Waals surface area contributed by atoms with E-state index in [0.717, 1.165) is 30.8 Å². The predicted octanol–water partition coefficient (Wildman–Crippen LogP) is 1.62. The minimum absolute atomic E-state index is 0.0159. The first kappa shape index (κ1) is 16.4. The average Bonchev–Trinajstić information content (AvgIpc) is 3.19. The molecular formula is C16H24N4O2S. The molecule has 3 heterocycles. The van der Waals surface area contributed by atoms with Crippen molar-refractivity contribution in [1.82, 2.24) is 19.6 Å². The van der Waals surface area contributed by atoms with Crippen molar-refractivity contribution < 1.29 is 9.59 Å². The molecular weight excluding hydrogens is 312 g/mol. The molecule has 2 aliphatic heterocycles. The van der Waals surface area contributed by atoms with E-state index < -0.39 is 0 Å². The molecule has 0 unspecified atom stereocenters. The number of hydrogen-bond donors (Lipinski definition) is 0. The standard InChI is InChI=1S/C16H24N4O2S/c1-10-15(11(2)18(4)17-10)13-6-5-7-19(13)16(22)14-8-23-9-20(14)12(3)21/h13-14H,5-9H2,1-4H3/t13-,14-/m0/s1. The second-order valence-corrected chi connectivity index (χ2v) is 7.40. The minimum atomic E-state index is -0.310. The summed E-state index contributed by atoms with van der Waals surface area (Å²) in [5.74, 6) is 1.40. The third-order valence-corrected chi connectivity index (χ3v) is 6.02. The van der Waals surface area contributed by atoms with Gasteiger partial charge in [0.1, 0.15) is 6.04 Å². The molecule has 7 heteroatoms. The van der Waals surface area contributed by atoms with Crippen LogP contribution in [0.3, 0.4) is 0 Å². The maximum absolute atomic E-state index is 13.1. The van der Waals surface area contributed by atoms with Crippen LogP contribution < -0.4 is 0 Å². The van der Waals surface area contributed by atoms with Crippen molar-refractivity contribution in [3.63, 3.8) is 0 Å². The van der Waals surface area contributed by atoms with Gasteiger partial charge in [-0.15, -0.1) is 11.8 Å². The van der Waals surface area contributed by atoms with Crippen molar-refractivity contribution in [3.8, 4) is 0 Å². The SMILES string of the molecule is CC(=O)N1CSC[C@H]1C(=O)N1CCC[C@H]1c1c(C)nn(C)c1C. The maximum Gasteiger partial charge on any atom is 0.246 e. The summed E-state index contributed by atoms with van der Waals surface area (Å²) < 4.78 is 1.89. The Kier molecular flexibility index (Phi) is 4.40. The van der Waals surface area contributed by atoms with Crippen molar-refractivity contribution in [1.29, 1.82) is 0 Å². The Morgan fingerprint density at radius 3 is 2.61 bits per heavy atom. The van der Waals surface area contributed by atoms with Gasteiger partial charge in [0.25, 0.3) is 0 Å². The lowest BCUT2D eigenvalue weighted by Gasteiger charge is -2.31. The van der Waals surface area contributed by atoms with Crippen LogP contribution in [0.5, 0.6) is 0 Å². The van der Waals surface area contributed by atoms with Crippen molar-refractivity contribution in [3.05, 3.63) is 17.0 Å². The van der Waals surface area contributed by atoms with Gasteiger partial charge in [0.2, 0.25) is 11.8 Å². The van der Waals surface area contributed by atoms with E-state index in [-0.39, 0.29) is 23.9 Å². The Balaban J connectivity index is 1.87. The van der Waals surface area contributed by atoms with Crippen LogP contribution in [-0.4, -0.2) is 55.6 Å². The van der Waals surface area contributed by atoms with E-state index in [4.69, 9.17) is 0 Å². The van der Waals surface area contributed by atoms with Gasteiger partial charge in [0.15, 0.2) is 0 Å². The van der Waals surface area contributed by atoms with Crippen molar-refractivity contribution >= 4 is 23.6 Å². The van der Waals surface area contributed by atoms with Crippen molar-refractivity contribution in [2.75, 3.05) is 18.2 Å². The monoisotopic (exact) mass is 336 g/mol. The van der Waals surface area contributed by atoms with E-state index in [1.165, 1.54) is 5.56 Å². The molecule has 6 nitrogen and oxygen atoms in total. The van der Waals surface area contributed by atoms with Gasteiger partial charge in [-0.25, -0.2) is 0 Å². The molecule has 1 aromatic rings. The summed E-state index contributed by atoms with van der Waals surface area (Å²) in [4.78, 5) is 28.5. The van der Waals surface area contributed by atoms with Crippen LogP contribution in [0.25, 0.3) is 0 Å². The van der Waals surface area contributed by atoms with Crippen molar-refractivity contribution in [2.24, 2.45) is 7.05 Å². The van der Waals surface area contributed by atoms with Crippen LogP contribution in [0.4, 0.5) is 0 Å². The first-order chi connectivity index (χ1) is 10.9. The van der Waals surface area contributed by atoms with Gasteiger partial charge in [-0.3, -0.25) is 14.3 Å². The van der Waals surface area contributed by atoms with Crippen molar-refractivity contribution in [2.45, 2.75) is 45.7 Å². The molecule has 1 aromatic heterocycles. The van der Waals surface area contributed by atoms with Crippen LogP contribution in [0, 0.1) is 13.8 Å². The Morgan fingerprint density at radius 1 is 1.26 bits per heavy atom. The van der Waals surface area contributed by atoms with Crippen LogP contribution in [0.2, 0.25) is 0 Å². The van der Waals surface area contributed by atoms with E-state index in [1.807, 2.05) is 23.6 Å². The molecule has 2 atom stereocenters. The van der Waals surface area contributed by atoms with Gasteiger partial charge in [0.05, 0.1) is 17.6 Å². The molecule has 2 saturated heterocycles. The van der Waals surface area contributed by atoms with Gasteiger partial charge in [-0.2, -0.15) is 5.10 Å². The van der Waals surface area contributed by atoms with E-state index in [1.54, 1.807) is 23.6 Å². The van der Waals surface area contributed by atoms with Gasteiger partial charge in [-0.1, -0.05) is 0 Å². The summed E-state index contributed by atoms with van der Waals surface area (Å²) in [7, 11) is 1.94. The molecule has 2 aliphatic rings. The number of hydrogen-bond acceptors (Lipinski definition) is 4. The summed E-state index contributed by atoms with van der Waals surface area (Å²) >= 11 is 1.65. The van der Waals surface area contributed by atoms with Crippen LogP contribution in [-0.2, 0) is 16.6 Å². The Hall–Kier alpha value is -1.50. The highest BCUT2D eigenvalue weighted by molar-refractivity contribution is 7.99. The number of likely N-dealkylation sites (tertiary alicyclic amines) is 1. The number of carbonyl (C=O) groups is 2. The summed E-state index contributed by atoms with van der Waals surface area (Å²) in [6.45, 7) is 6.38. The molecule has 23 heavy (non-hydrogen) atoms. The molecule has 0 saturated carbocycles. The first-order valence-corrected chi connectivity index (χ1v) is 9.22. The lowest BCUT2D eigenvalue weighted by Crippen LogP contribution is -2.48. The summed E-state index contributed by atoms with van der Waals surface area (Å²) in [5.41, 5.74) is 3.30. The fourth-order valence-electron chi connectivity index (χ4n) is 3.75. The molecule has 0 spiro atoms. The average molecular weight is 336 g/mol. The Morgan fingerprint density at radius 2 is 2.00 bits per heavy atom. The molecule has 0 radical (unpaired) electrons. The van der Waals surface area contributed by atoms with Crippen LogP contribution in [0.15, 0.2) is 0 Å². The highest BCUT2D eigenvalue weighted by Crippen LogP contribution is 2.37. The Bertz CT molecular complexity index is 642. The second-order valence-electron chi connectivity index (χ2n) is 6.40. The smallest absolute Gasteiger partial charge is 0.246 e. The van der Waals surface area contributed by atoms with Gasteiger partial charge in [-0.05, 0) is 26.7 Å². The zero-order valence-electron chi connectivity index (χ0n) is 14.2. The summed E-state index contributed by atoms with van der Waals surface area (Å²) in [6.07, 6.45) is 1.98. The van der Waals surface area contributed by atoms with Gasteiger partial charge >= 0.3 is 0 Å². The second kappa shape index (κ2) is 6.19. The highest BCUT2D eigenvalue weighted by Gasteiger charge is 2.41. The quantitative estimate of drug-likeness (QED) is 0.823. The molecule has 126 valence electrons. The Labute approximate surface area is 141 Å². The highest BCUT2D eigenvalue weighted by atomic mass is 32.2. The largest absolute Gasteiger partial charge is 0.334 e. The topological polar surface area (TPSA) is 58.4 Å². The molecule has 3 rings (SSSR count).